The van der Waals surface area contributed by atoms with Crippen molar-refractivity contribution >= 4 is 77.2 Å². The van der Waals surface area contributed by atoms with Crippen LogP contribution in [0.1, 0.15) is 44.5 Å². The van der Waals surface area contributed by atoms with Crippen molar-refractivity contribution < 1.29 is 0 Å². The standard InChI is InChI=1S/C138H92N2/c1-11-40-93(41-12-1)102-73-81-119-121-84-78-111(91-131(121)137(129(119)88-102,105-54-23-7-24-55-105)106-56-25-8-26-57-106)139(135-125-68-37-33-64-117(125)115-62-31-35-66-123(115)133(135)99-50-21-6-22-51-99)109-75-70-98(71-76-109)113-80-72-101(87-127(113)96-46-17-4-18-47-96)100-52-39-53-104(86-100)134-124-67-36-32-63-116(124)118-65-34-38-69-126(118)136(134)140(110-77-83-114(95-44-15-3-16-45-95)128(90-110)97-48-19-5-20-49-97)112-79-85-122-120-82-74-103(94-42-13-2-14-43-94)89-130(120)138(132(122)92-112,107-58-27-9-28-59-107)108-60-29-10-30-61-108/h1-92H. The van der Waals surface area contributed by atoms with Crippen molar-refractivity contribution in [3.8, 4) is 122 Å². The van der Waals surface area contributed by atoms with Crippen molar-refractivity contribution in [3.05, 3.63) is 603 Å². The molecule has 654 valence electrons. The highest BCUT2D eigenvalue weighted by atomic mass is 15.2. The Bertz CT molecular complexity index is 8780. The lowest BCUT2D eigenvalue weighted by Crippen LogP contribution is -2.29. The fourth-order valence-electron chi connectivity index (χ4n) is 23.4. The van der Waals surface area contributed by atoms with Gasteiger partial charge < -0.3 is 9.80 Å². The fourth-order valence-corrected chi connectivity index (χ4v) is 23.4. The molecule has 0 N–H and O–H groups in total. The van der Waals surface area contributed by atoms with Gasteiger partial charge in [-0.05, 0) is 261 Å². The second-order valence-corrected chi connectivity index (χ2v) is 37.1. The molecule has 0 unspecified atom stereocenters. The van der Waals surface area contributed by atoms with Crippen LogP contribution in [0.5, 0.6) is 0 Å². The van der Waals surface area contributed by atoms with Crippen LogP contribution in [0.15, 0.2) is 558 Å². The third kappa shape index (κ3) is 13.7. The molecule has 24 aromatic rings. The highest BCUT2D eigenvalue weighted by molar-refractivity contribution is 6.25. The van der Waals surface area contributed by atoms with Gasteiger partial charge in [0.2, 0.25) is 0 Å². The topological polar surface area (TPSA) is 6.48 Å². The molecule has 140 heavy (non-hydrogen) atoms. The van der Waals surface area contributed by atoms with Crippen LogP contribution in [0.25, 0.3) is 165 Å². The molecule has 26 rings (SSSR count). The summed E-state index contributed by atoms with van der Waals surface area (Å²) in [6.07, 6.45) is 0. The van der Waals surface area contributed by atoms with E-state index >= 15 is 0 Å². The van der Waals surface area contributed by atoms with Gasteiger partial charge in [0.15, 0.2) is 0 Å². The van der Waals surface area contributed by atoms with E-state index in [9.17, 15) is 0 Å². The maximum absolute atomic E-state index is 2.62. The van der Waals surface area contributed by atoms with Gasteiger partial charge in [-0.2, -0.15) is 0 Å². The Balaban J connectivity index is 0.665. The van der Waals surface area contributed by atoms with E-state index in [1.165, 1.54) is 116 Å². The normalized spacial score (nSPS) is 12.5. The smallest absolute Gasteiger partial charge is 0.0714 e. The van der Waals surface area contributed by atoms with Crippen molar-refractivity contribution in [2.75, 3.05) is 9.80 Å². The third-order valence-electron chi connectivity index (χ3n) is 29.6. The van der Waals surface area contributed by atoms with Crippen molar-refractivity contribution in [1.82, 2.24) is 0 Å². The molecule has 0 spiro atoms. The van der Waals surface area contributed by atoms with Crippen LogP contribution in [0, 0.1) is 0 Å². The predicted octanol–water partition coefficient (Wildman–Crippen LogP) is 37.0. The summed E-state index contributed by atoms with van der Waals surface area (Å²) in [5.74, 6) is 0. The Morgan fingerprint density at radius 3 is 0.757 bits per heavy atom. The molecule has 24 aromatic carbocycles. The predicted molar refractivity (Wildman–Crippen MR) is 589 cm³/mol. The van der Waals surface area contributed by atoms with Crippen LogP contribution in [0.2, 0.25) is 0 Å². The van der Waals surface area contributed by atoms with Gasteiger partial charge in [0.25, 0.3) is 0 Å². The molecule has 2 aliphatic carbocycles. The first kappa shape index (κ1) is 82.6. The first-order valence-corrected chi connectivity index (χ1v) is 48.6. The summed E-state index contributed by atoms with van der Waals surface area (Å²) < 4.78 is 0. The van der Waals surface area contributed by atoms with Crippen molar-refractivity contribution in [2.24, 2.45) is 0 Å². The van der Waals surface area contributed by atoms with Crippen LogP contribution in [0.3, 0.4) is 0 Å². The minimum absolute atomic E-state index is 0.716. The zero-order chi connectivity index (χ0) is 92.6. The number of nitrogens with zero attached hydrogens (tertiary/aromatic N) is 2. The van der Waals surface area contributed by atoms with Gasteiger partial charge in [0.05, 0.1) is 22.2 Å². The molecule has 0 bridgehead atoms. The quantitative estimate of drug-likeness (QED) is 0.0745. The zero-order valence-electron chi connectivity index (χ0n) is 77.0. The summed E-state index contributed by atoms with van der Waals surface area (Å²) in [4.78, 5) is 5.20. The lowest BCUT2D eigenvalue weighted by atomic mass is 9.67. The van der Waals surface area contributed by atoms with Crippen molar-refractivity contribution in [1.29, 1.82) is 0 Å². The van der Waals surface area contributed by atoms with E-state index in [-0.39, 0.29) is 0 Å². The van der Waals surface area contributed by atoms with Crippen molar-refractivity contribution in [2.45, 2.75) is 10.8 Å². The molecule has 0 aliphatic heterocycles. The first-order chi connectivity index (χ1) is 69.5. The van der Waals surface area contributed by atoms with Gasteiger partial charge in [-0.15, -0.1) is 0 Å². The van der Waals surface area contributed by atoms with Crippen molar-refractivity contribution in [3.63, 3.8) is 0 Å². The van der Waals surface area contributed by atoms with E-state index in [0.29, 0.717) is 0 Å². The minimum Gasteiger partial charge on any atom is -0.309 e. The van der Waals surface area contributed by atoms with E-state index in [2.05, 4.69) is 568 Å². The SMILES string of the molecule is c1ccc(-c2ccc3c(c2)C(c2ccccc2)(c2ccccc2)c2cc(N(c4ccc(-c5ccc(-c6cccc(-c7c(N(c8ccc(-c9ccccc9)c(-c9ccccc9)c8)c8ccc9c(c8)C(c8ccccc8)(c8ccccc8)c8cc(-c%10ccccc%10)ccc8-9)c8ccccc8c8ccccc78)c6)cc5-c5ccccc5)cc4)c4c(-c5ccccc5)c5ccccc5c5ccccc45)ccc2-3)cc1. The van der Waals surface area contributed by atoms with Gasteiger partial charge in [0, 0.05) is 44.6 Å². The summed E-state index contributed by atoms with van der Waals surface area (Å²) >= 11 is 0. The van der Waals surface area contributed by atoms with Gasteiger partial charge in [-0.25, -0.2) is 0 Å². The molecule has 0 radical (unpaired) electrons. The lowest BCUT2D eigenvalue weighted by molar-refractivity contribution is 0.768. The molecular formula is C138H92N2. The van der Waals surface area contributed by atoms with E-state index in [1.54, 1.807) is 0 Å². The Labute approximate surface area is 816 Å². The summed E-state index contributed by atoms with van der Waals surface area (Å²) in [5, 5.41) is 9.36. The molecule has 2 nitrogen and oxygen atoms in total. The van der Waals surface area contributed by atoms with E-state index in [1.807, 2.05) is 0 Å². The Morgan fingerprint density at radius 1 is 0.121 bits per heavy atom. The zero-order valence-corrected chi connectivity index (χ0v) is 77.0. The van der Waals surface area contributed by atoms with Crippen LogP contribution in [-0.2, 0) is 10.8 Å². The number of hydrogen-bond donors (Lipinski definition) is 0. The number of benzene rings is 24. The number of hydrogen-bond acceptors (Lipinski definition) is 2. The van der Waals surface area contributed by atoms with E-state index in [4.69, 9.17) is 0 Å². The highest BCUT2D eigenvalue weighted by Gasteiger charge is 2.49. The average Bonchev–Trinajstić information content (AvgIpc) is 1.53. The van der Waals surface area contributed by atoms with Gasteiger partial charge in [-0.1, -0.05) is 485 Å². The first-order valence-electron chi connectivity index (χ1n) is 48.6. The summed E-state index contributed by atoms with van der Waals surface area (Å²) in [6, 6.07) is 209. The molecule has 0 atom stereocenters. The second-order valence-electron chi connectivity index (χ2n) is 37.1. The van der Waals surface area contributed by atoms with Gasteiger partial charge in [0.1, 0.15) is 0 Å². The van der Waals surface area contributed by atoms with E-state index in [0.717, 1.165) is 128 Å². The van der Waals surface area contributed by atoms with Gasteiger partial charge >= 0.3 is 0 Å². The number of fused-ring (bicyclic) bond motifs is 12. The van der Waals surface area contributed by atoms with Gasteiger partial charge in [-0.3, -0.25) is 0 Å². The second kappa shape index (κ2) is 34.7. The third-order valence-corrected chi connectivity index (χ3v) is 29.6. The largest absolute Gasteiger partial charge is 0.309 e. The van der Waals surface area contributed by atoms with Crippen LogP contribution >= 0.6 is 0 Å². The fraction of sp³-hybridized carbons (Fsp3) is 0.0145. The molecule has 0 aromatic heterocycles. The molecule has 0 heterocycles. The summed E-state index contributed by atoms with van der Waals surface area (Å²) in [7, 11) is 0. The van der Waals surface area contributed by atoms with Crippen LogP contribution < -0.4 is 9.80 Å². The molecule has 2 aliphatic rings. The summed E-state index contributed by atoms with van der Waals surface area (Å²) in [5.41, 5.74) is 40.0. The summed E-state index contributed by atoms with van der Waals surface area (Å²) in [6.45, 7) is 0. The Kier molecular flexibility index (Phi) is 20.5. The maximum atomic E-state index is 2.62. The van der Waals surface area contributed by atoms with E-state index < -0.39 is 10.8 Å². The molecule has 0 fully saturated rings. The Hall–Kier alpha value is -18.1. The average molecular weight is 1780 g/mol. The highest BCUT2D eigenvalue weighted by Crippen LogP contribution is 2.63. The number of anilines is 6. The molecular weight excluding hydrogens is 1690 g/mol. The minimum atomic E-state index is -0.747. The molecule has 0 saturated carbocycles. The van der Waals surface area contributed by atoms with Crippen LogP contribution in [0.4, 0.5) is 34.1 Å². The molecule has 2 heteroatoms. The molecule has 0 amide bonds. The van der Waals surface area contributed by atoms with Crippen LogP contribution in [-0.4, -0.2) is 0 Å². The maximum Gasteiger partial charge on any atom is 0.0714 e. The monoisotopic (exact) mass is 1780 g/mol. The lowest BCUT2D eigenvalue weighted by Gasteiger charge is -2.36. The number of rotatable bonds is 19. The molecule has 0 saturated heterocycles. The Morgan fingerprint density at radius 2 is 0.357 bits per heavy atom.